The minimum Gasteiger partial charge on any atom is -0.460 e. The van der Waals surface area contributed by atoms with Crippen LogP contribution in [0, 0.1) is 5.92 Å². The van der Waals surface area contributed by atoms with E-state index in [1.165, 1.54) is 0 Å². The molecule has 0 saturated heterocycles. The van der Waals surface area contributed by atoms with E-state index in [0.29, 0.717) is 25.6 Å². The topological polar surface area (TPSA) is 44.8 Å². The lowest BCUT2D eigenvalue weighted by Gasteiger charge is -2.29. The fourth-order valence-electron chi connectivity index (χ4n) is 2.17. The number of carbonyl (C=O) groups excluding carboxylic acids is 1. The van der Waals surface area contributed by atoms with Crippen molar-refractivity contribution in [1.82, 2.24) is 0 Å². The van der Waals surface area contributed by atoms with Crippen molar-refractivity contribution in [2.24, 2.45) is 5.92 Å². The molecular formula is C14H26O4. The zero-order valence-electron chi connectivity index (χ0n) is 11.8. The molecule has 1 saturated carbocycles. The Morgan fingerprint density at radius 2 is 1.89 bits per heavy atom. The Bertz CT molecular complexity index is 240. The van der Waals surface area contributed by atoms with E-state index >= 15 is 0 Å². The molecule has 18 heavy (non-hydrogen) atoms. The van der Waals surface area contributed by atoms with E-state index in [1.807, 2.05) is 0 Å². The maximum atomic E-state index is 11.7. The molecule has 1 fully saturated rings. The van der Waals surface area contributed by atoms with Gasteiger partial charge in [-0.15, -0.1) is 0 Å². The maximum Gasteiger partial charge on any atom is 0.308 e. The standard InChI is InChI=1S/C14H26O4/c1-11(2)10-17-9-8-14(15)18-13-7-5-4-6-12(13)16-3/h11-13H,4-10H2,1-3H3. The predicted octanol–water partition coefficient (Wildman–Crippen LogP) is 2.55. The highest BCUT2D eigenvalue weighted by Crippen LogP contribution is 2.23. The first kappa shape index (κ1) is 15.4. The van der Waals surface area contributed by atoms with Crippen molar-refractivity contribution in [3.63, 3.8) is 0 Å². The summed E-state index contributed by atoms with van der Waals surface area (Å²) in [5.41, 5.74) is 0. The number of hydrogen-bond acceptors (Lipinski definition) is 4. The van der Waals surface area contributed by atoms with Crippen molar-refractivity contribution in [1.29, 1.82) is 0 Å². The van der Waals surface area contributed by atoms with Gasteiger partial charge in [0.15, 0.2) is 0 Å². The van der Waals surface area contributed by atoms with E-state index in [2.05, 4.69) is 13.8 Å². The van der Waals surface area contributed by atoms with Crippen molar-refractivity contribution < 1.29 is 19.0 Å². The van der Waals surface area contributed by atoms with Gasteiger partial charge in [-0.3, -0.25) is 4.79 Å². The van der Waals surface area contributed by atoms with Crippen LogP contribution in [0.4, 0.5) is 0 Å². The summed E-state index contributed by atoms with van der Waals surface area (Å²) in [6.45, 7) is 5.31. The van der Waals surface area contributed by atoms with Gasteiger partial charge in [0.05, 0.1) is 19.1 Å². The molecule has 0 amide bonds. The maximum absolute atomic E-state index is 11.7. The molecule has 0 bridgehead atoms. The summed E-state index contributed by atoms with van der Waals surface area (Å²) in [5.74, 6) is 0.324. The molecule has 106 valence electrons. The highest BCUT2D eigenvalue weighted by atomic mass is 16.6. The molecule has 0 spiro atoms. The number of ether oxygens (including phenoxy) is 3. The summed E-state index contributed by atoms with van der Waals surface area (Å²) in [6, 6.07) is 0. The molecule has 0 aromatic heterocycles. The van der Waals surface area contributed by atoms with Crippen LogP contribution in [-0.2, 0) is 19.0 Å². The largest absolute Gasteiger partial charge is 0.460 e. The SMILES string of the molecule is COC1CCCCC1OC(=O)CCOCC(C)C. The van der Waals surface area contributed by atoms with Gasteiger partial charge in [-0.1, -0.05) is 20.3 Å². The molecule has 0 heterocycles. The minimum atomic E-state index is -0.173. The Morgan fingerprint density at radius 3 is 2.50 bits per heavy atom. The van der Waals surface area contributed by atoms with Gasteiger partial charge in [-0.05, 0) is 25.2 Å². The Hall–Kier alpha value is -0.610. The molecule has 0 N–H and O–H groups in total. The van der Waals surface area contributed by atoms with Crippen molar-refractivity contribution in [2.75, 3.05) is 20.3 Å². The molecule has 1 rings (SSSR count). The predicted molar refractivity (Wildman–Crippen MR) is 69.4 cm³/mol. The molecular weight excluding hydrogens is 232 g/mol. The number of esters is 1. The molecule has 4 nitrogen and oxygen atoms in total. The third-order valence-electron chi connectivity index (χ3n) is 3.13. The molecule has 0 aromatic rings. The van der Waals surface area contributed by atoms with E-state index in [1.54, 1.807) is 7.11 Å². The molecule has 0 radical (unpaired) electrons. The first-order chi connectivity index (χ1) is 8.63. The van der Waals surface area contributed by atoms with Crippen LogP contribution in [0.1, 0.15) is 46.0 Å². The van der Waals surface area contributed by atoms with Gasteiger partial charge >= 0.3 is 5.97 Å². The minimum absolute atomic E-state index is 0.0682. The average Bonchev–Trinajstić information content (AvgIpc) is 2.35. The Labute approximate surface area is 110 Å². The van der Waals surface area contributed by atoms with Crippen molar-refractivity contribution >= 4 is 5.97 Å². The van der Waals surface area contributed by atoms with Crippen LogP contribution in [0.2, 0.25) is 0 Å². The van der Waals surface area contributed by atoms with Gasteiger partial charge in [0, 0.05) is 13.7 Å². The number of hydrogen-bond donors (Lipinski definition) is 0. The van der Waals surface area contributed by atoms with E-state index in [9.17, 15) is 4.79 Å². The van der Waals surface area contributed by atoms with E-state index in [4.69, 9.17) is 14.2 Å². The van der Waals surface area contributed by atoms with Crippen LogP contribution >= 0.6 is 0 Å². The van der Waals surface area contributed by atoms with Gasteiger partial charge in [-0.2, -0.15) is 0 Å². The lowest BCUT2D eigenvalue weighted by Crippen LogP contribution is -2.35. The summed E-state index contributed by atoms with van der Waals surface area (Å²) < 4.78 is 16.2. The van der Waals surface area contributed by atoms with Crippen LogP contribution in [0.25, 0.3) is 0 Å². The molecule has 0 aromatic carbocycles. The smallest absolute Gasteiger partial charge is 0.308 e. The number of carbonyl (C=O) groups is 1. The quantitative estimate of drug-likeness (QED) is 0.520. The second kappa shape index (κ2) is 8.48. The van der Waals surface area contributed by atoms with E-state index < -0.39 is 0 Å². The van der Waals surface area contributed by atoms with Crippen LogP contribution in [-0.4, -0.2) is 38.5 Å². The fourth-order valence-corrected chi connectivity index (χ4v) is 2.17. The molecule has 1 aliphatic rings. The Morgan fingerprint density at radius 1 is 1.22 bits per heavy atom. The van der Waals surface area contributed by atoms with E-state index in [-0.39, 0.29) is 18.2 Å². The average molecular weight is 258 g/mol. The fraction of sp³-hybridized carbons (Fsp3) is 0.929. The van der Waals surface area contributed by atoms with Gasteiger partial charge in [0.25, 0.3) is 0 Å². The zero-order valence-corrected chi connectivity index (χ0v) is 11.8. The van der Waals surface area contributed by atoms with Crippen LogP contribution in [0.15, 0.2) is 0 Å². The third-order valence-corrected chi connectivity index (χ3v) is 3.13. The van der Waals surface area contributed by atoms with Crippen molar-refractivity contribution in [3.8, 4) is 0 Å². The number of rotatable bonds is 7. The second-order valence-corrected chi connectivity index (χ2v) is 5.31. The summed E-state index contributed by atoms with van der Waals surface area (Å²) in [5, 5.41) is 0. The first-order valence-electron chi connectivity index (χ1n) is 6.93. The first-order valence-corrected chi connectivity index (χ1v) is 6.93. The second-order valence-electron chi connectivity index (χ2n) is 5.31. The van der Waals surface area contributed by atoms with Gasteiger partial charge in [0.1, 0.15) is 6.10 Å². The van der Waals surface area contributed by atoms with Gasteiger partial charge in [-0.25, -0.2) is 0 Å². The highest BCUT2D eigenvalue weighted by Gasteiger charge is 2.27. The monoisotopic (exact) mass is 258 g/mol. The molecule has 1 aliphatic carbocycles. The lowest BCUT2D eigenvalue weighted by atomic mass is 9.94. The molecule has 2 atom stereocenters. The Kier molecular flexibility index (Phi) is 7.28. The van der Waals surface area contributed by atoms with Gasteiger partial charge in [0.2, 0.25) is 0 Å². The third kappa shape index (κ3) is 5.83. The normalized spacial score (nSPS) is 24.2. The number of methoxy groups -OCH3 is 1. The van der Waals surface area contributed by atoms with Crippen LogP contribution in [0.5, 0.6) is 0 Å². The Balaban J connectivity index is 2.18. The van der Waals surface area contributed by atoms with Crippen LogP contribution < -0.4 is 0 Å². The summed E-state index contributed by atoms with van der Waals surface area (Å²) >= 11 is 0. The molecule has 0 aliphatic heterocycles. The summed E-state index contributed by atoms with van der Waals surface area (Å²) in [7, 11) is 1.68. The lowest BCUT2D eigenvalue weighted by molar-refractivity contribution is -0.160. The van der Waals surface area contributed by atoms with Crippen molar-refractivity contribution in [2.45, 2.75) is 58.2 Å². The van der Waals surface area contributed by atoms with E-state index in [0.717, 1.165) is 25.7 Å². The summed E-state index contributed by atoms with van der Waals surface area (Å²) in [6.07, 6.45) is 4.50. The molecule has 4 heteroatoms. The van der Waals surface area contributed by atoms with Gasteiger partial charge < -0.3 is 14.2 Å². The highest BCUT2D eigenvalue weighted by molar-refractivity contribution is 5.69. The molecule has 2 unspecified atom stereocenters. The summed E-state index contributed by atoms with van der Waals surface area (Å²) in [4.78, 5) is 11.7. The van der Waals surface area contributed by atoms with Crippen LogP contribution in [0.3, 0.4) is 0 Å². The van der Waals surface area contributed by atoms with Crippen molar-refractivity contribution in [3.05, 3.63) is 0 Å². The zero-order chi connectivity index (χ0) is 13.4.